The molecular weight excluding hydrogens is 408 g/mol. The number of benzene rings is 2. The molecule has 0 spiro atoms. The van der Waals surface area contributed by atoms with E-state index in [1.807, 2.05) is 43.3 Å². The number of alkyl carbamates (subject to hydrolysis) is 1. The molecule has 1 aliphatic heterocycles. The van der Waals surface area contributed by atoms with Crippen LogP contribution in [0.4, 0.5) is 4.79 Å². The Labute approximate surface area is 187 Å². The lowest BCUT2D eigenvalue weighted by Crippen LogP contribution is -2.47. The SMILES string of the molecule is CCC1(C(=O)O)CCN(C(=O)C(C)NC(=O)OCC2c3ccccc3-c3ccccc32)C1. The van der Waals surface area contributed by atoms with Gasteiger partial charge in [-0.25, -0.2) is 4.79 Å². The van der Waals surface area contributed by atoms with E-state index in [-0.39, 0.29) is 25.0 Å². The summed E-state index contributed by atoms with van der Waals surface area (Å²) in [6, 6.07) is 15.4. The van der Waals surface area contributed by atoms with Crippen molar-refractivity contribution in [3.63, 3.8) is 0 Å². The highest BCUT2D eigenvalue weighted by molar-refractivity contribution is 5.87. The second kappa shape index (κ2) is 8.65. The van der Waals surface area contributed by atoms with Gasteiger partial charge in [0.2, 0.25) is 5.91 Å². The summed E-state index contributed by atoms with van der Waals surface area (Å²) in [5.74, 6) is -1.24. The maximum atomic E-state index is 12.8. The van der Waals surface area contributed by atoms with Gasteiger partial charge in [-0.3, -0.25) is 9.59 Å². The van der Waals surface area contributed by atoms with E-state index in [9.17, 15) is 19.5 Å². The summed E-state index contributed by atoms with van der Waals surface area (Å²) in [5, 5.41) is 12.1. The Morgan fingerprint density at radius 3 is 2.25 bits per heavy atom. The van der Waals surface area contributed by atoms with Gasteiger partial charge in [0.05, 0.1) is 5.41 Å². The first-order valence-corrected chi connectivity index (χ1v) is 11.0. The second-order valence-electron chi connectivity index (χ2n) is 8.64. The molecule has 1 aliphatic carbocycles. The zero-order chi connectivity index (χ0) is 22.9. The minimum atomic E-state index is -0.904. The number of aliphatic carboxylic acids is 1. The van der Waals surface area contributed by atoms with E-state index < -0.39 is 23.5 Å². The van der Waals surface area contributed by atoms with E-state index in [0.717, 1.165) is 22.3 Å². The Kier molecular flexibility index (Phi) is 5.91. The van der Waals surface area contributed by atoms with Crippen molar-refractivity contribution < 1.29 is 24.2 Å². The maximum absolute atomic E-state index is 12.8. The van der Waals surface area contributed by atoms with Crippen LogP contribution in [0.1, 0.15) is 43.7 Å². The van der Waals surface area contributed by atoms with Gasteiger partial charge in [-0.15, -0.1) is 0 Å². The Hall–Kier alpha value is -3.35. The molecule has 0 aromatic heterocycles. The molecule has 1 heterocycles. The summed E-state index contributed by atoms with van der Waals surface area (Å²) in [6.07, 6.45) is 0.217. The number of nitrogens with one attached hydrogen (secondary N) is 1. The minimum Gasteiger partial charge on any atom is -0.481 e. The second-order valence-corrected chi connectivity index (χ2v) is 8.64. The standard InChI is InChI=1S/C25H28N2O5/c1-3-25(23(29)30)12-13-27(15-25)22(28)16(2)26-24(31)32-14-21-19-10-6-4-8-17(19)18-9-5-7-11-20(18)21/h4-11,16,21H,3,12-15H2,1-2H3,(H,26,31)(H,29,30). The molecule has 168 valence electrons. The summed E-state index contributed by atoms with van der Waals surface area (Å²) in [4.78, 5) is 38.4. The fourth-order valence-corrected chi connectivity index (χ4v) is 4.83. The number of carbonyl (C=O) groups is 3. The molecular formula is C25H28N2O5. The van der Waals surface area contributed by atoms with E-state index in [1.165, 1.54) is 4.90 Å². The summed E-state index contributed by atoms with van der Waals surface area (Å²) >= 11 is 0. The molecule has 2 atom stereocenters. The van der Waals surface area contributed by atoms with Crippen LogP contribution in [0.2, 0.25) is 0 Å². The molecule has 2 N–H and O–H groups in total. The zero-order valence-corrected chi connectivity index (χ0v) is 18.3. The van der Waals surface area contributed by atoms with Crippen molar-refractivity contribution in [2.45, 2.75) is 38.6 Å². The number of carboxylic acid groups (broad SMARTS) is 1. The van der Waals surface area contributed by atoms with Crippen molar-refractivity contribution in [2.24, 2.45) is 5.41 Å². The number of hydrogen-bond donors (Lipinski definition) is 2. The highest BCUT2D eigenvalue weighted by Gasteiger charge is 2.45. The summed E-state index contributed by atoms with van der Waals surface area (Å²) < 4.78 is 5.51. The van der Waals surface area contributed by atoms with Crippen molar-refractivity contribution in [1.82, 2.24) is 10.2 Å². The van der Waals surface area contributed by atoms with Crippen molar-refractivity contribution >= 4 is 18.0 Å². The molecule has 0 radical (unpaired) electrons. The van der Waals surface area contributed by atoms with Gasteiger partial charge in [-0.2, -0.15) is 0 Å². The van der Waals surface area contributed by atoms with Gasteiger partial charge in [-0.05, 0) is 42.0 Å². The van der Waals surface area contributed by atoms with Gasteiger partial charge >= 0.3 is 12.1 Å². The Balaban J connectivity index is 1.36. The molecule has 2 aromatic carbocycles. The van der Waals surface area contributed by atoms with Gasteiger partial charge in [0, 0.05) is 19.0 Å². The molecule has 2 aliphatic rings. The van der Waals surface area contributed by atoms with Crippen molar-refractivity contribution in [2.75, 3.05) is 19.7 Å². The molecule has 7 nitrogen and oxygen atoms in total. The summed E-state index contributed by atoms with van der Waals surface area (Å²) in [7, 11) is 0. The van der Waals surface area contributed by atoms with Gasteiger partial charge in [0.15, 0.2) is 0 Å². The van der Waals surface area contributed by atoms with Crippen molar-refractivity contribution in [1.29, 1.82) is 0 Å². The summed E-state index contributed by atoms with van der Waals surface area (Å²) in [6.45, 7) is 4.11. The molecule has 1 fully saturated rings. The van der Waals surface area contributed by atoms with Crippen LogP contribution >= 0.6 is 0 Å². The van der Waals surface area contributed by atoms with E-state index in [1.54, 1.807) is 6.92 Å². The van der Waals surface area contributed by atoms with Crippen LogP contribution in [0, 0.1) is 5.41 Å². The first-order valence-electron chi connectivity index (χ1n) is 11.0. The minimum absolute atomic E-state index is 0.0570. The number of carboxylic acids is 1. The predicted molar refractivity (Wildman–Crippen MR) is 119 cm³/mol. The highest BCUT2D eigenvalue weighted by Crippen LogP contribution is 2.44. The lowest BCUT2D eigenvalue weighted by Gasteiger charge is -2.25. The monoisotopic (exact) mass is 436 g/mol. The van der Waals surface area contributed by atoms with Gasteiger partial charge in [-0.1, -0.05) is 55.5 Å². The van der Waals surface area contributed by atoms with Crippen LogP contribution in [0.15, 0.2) is 48.5 Å². The molecule has 4 rings (SSSR count). The smallest absolute Gasteiger partial charge is 0.407 e. The number of likely N-dealkylation sites (tertiary alicyclic amines) is 1. The quantitative estimate of drug-likeness (QED) is 0.721. The topological polar surface area (TPSA) is 95.9 Å². The highest BCUT2D eigenvalue weighted by atomic mass is 16.5. The van der Waals surface area contributed by atoms with Crippen LogP contribution in [0.25, 0.3) is 11.1 Å². The Morgan fingerprint density at radius 2 is 1.72 bits per heavy atom. The number of rotatable bonds is 6. The average molecular weight is 437 g/mol. The number of ether oxygens (including phenoxy) is 1. The molecule has 2 unspecified atom stereocenters. The number of carbonyl (C=O) groups excluding carboxylic acids is 2. The predicted octanol–water partition coefficient (Wildman–Crippen LogP) is 3.63. The first-order chi connectivity index (χ1) is 15.4. The normalized spacial score (nSPS) is 20.4. The average Bonchev–Trinajstić information content (AvgIpc) is 3.38. The molecule has 7 heteroatoms. The van der Waals surface area contributed by atoms with Gasteiger partial charge in [0.25, 0.3) is 0 Å². The van der Waals surface area contributed by atoms with E-state index in [2.05, 4.69) is 17.4 Å². The molecule has 2 amide bonds. The molecule has 2 aromatic rings. The van der Waals surface area contributed by atoms with Crippen LogP contribution in [0.3, 0.4) is 0 Å². The molecule has 0 saturated carbocycles. The molecule has 32 heavy (non-hydrogen) atoms. The molecule has 0 bridgehead atoms. The molecule has 1 saturated heterocycles. The van der Waals surface area contributed by atoms with Gasteiger partial charge in [0.1, 0.15) is 12.6 Å². The third-order valence-corrected chi connectivity index (χ3v) is 6.84. The maximum Gasteiger partial charge on any atom is 0.407 e. The third kappa shape index (κ3) is 3.83. The van der Waals surface area contributed by atoms with E-state index >= 15 is 0 Å². The zero-order valence-electron chi connectivity index (χ0n) is 18.3. The van der Waals surface area contributed by atoms with Crippen LogP contribution in [0.5, 0.6) is 0 Å². The van der Waals surface area contributed by atoms with Gasteiger partial charge < -0.3 is 20.1 Å². The first kappa shape index (κ1) is 21.9. The van der Waals surface area contributed by atoms with E-state index in [4.69, 9.17) is 4.74 Å². The number of fused-ring (bicyclic) bond motifs is 3. The number of amides is 2. The third-order valence-electron chi connectivity index (χ3n) is 6.84. The fraction of sp³-hybridized carbons (Fsp3) is 0.400. The lowest BCUT2D eigenvalue weighted by molar-refractivity contribution is -0.148. The van der Waals surface area contributed by atoms with Crippen molar-refractivity contribution in [3.8, 4) is 11.1 Å². The number of nitrogens with zero attached hydrogens (tertiary/aromatic N) is 1. The Bertz CT molecular complexity index is 1010. The van der Waals surface area contributed by atoms with E-state index in [0.29, 0.717) is 19.4 Å². The van der Waals surface area contributed by atoms with Crippen molar-refractivity contribution in [3.05, 3.63) is 59.7 Å². The van der Waals surface area contributed by atoms with Crippen LogP contribution < -0.4 is 5.32 Å². The Morgan fingerprint density at radius 1 is 1.12 bits per heavy atom. The largest absolute Gasteiger partial charge is 0.481 e. The number of hydrogen-bond acceptors (Lipinski definition) is 4. The summed E-state index contributed by atoms with van der Waals surface area (Å²) in [5.41, 5.74) is 3.62. The lowest BCUT2D eigenvalue weighted by atomic mass is 9.84. The van der Waals surface area contributed by atoms with Crippen LogP contribution in [-0.2, 0) is 14.3 Å². The van der Waals surface area contributed by atoms with Crippen LogP contribution in [-0.4, -0.2) is 53.7 Å². The fourth-order valence-electron chi connectivity index (χ4n) is 4.83.